The van der Waals surface area contributed by atoms with Crippen molar-refractivity contribution < 1.29 is 19.4 Å². The molecular weight excluding hydrogens is 412 g/mol. The highest BCUT2D eigenvalue weighted by atomic mass is 32.1. The maximum atomic E-state index is 13.4. The first-order valence-electron chi connectivity index (χ1n) is 11.0. The number of methoxy groups -OCH3 is 1. The van der Waals surface area contributed by atoms with E-state index in [1.165, 1.54) is 10.4 Å². The molecule has 1 aliphatic heterocycles. The van der Waals surface area contributed by atoms with Crippen molar-refractivity contribution in [3.8, 4) is 5.75 Å². The van der Waals surface area contributed by atoms with Gasteiger partial charge in [-0.05, 0) is 54.9 Å². The van der Waals surface area contributed by atoms with Gasteiger partial charge in [0.05, 0.1) is 25.3 Å². The smallest absolute Gasteiger partial charge is 0.237 e. The second-order valence-corrected chi connectivity index (χ2v) is 9.07. The average Bonchev–Trinajstić information content (AvgIpc) is 3.22. The number of amides is 1. The van der Waals surface area contributed by atoms with Crippen molar-refractivity contribution in [3.05, 3.63) is 51.7 Å². The van der Waals surface area contributed by atoms with Crippen molar-refractivity contribution in [1.82, 2.24) is 9.80 Å². The first-order chi connectivity index (χ1) is 15.0. The number of ether oxygens (including phenoxy) is 2. The van der Waals surface area contributed by atoms with Crippen molar-refractivity contribution >= 4 is 17.2 Å². The zero-order chi connectivity index (χ0) is 22.2. The molecule has 6 nitrogen and oxygen atoms in total. The lowest BCUT2D eigenvalue weighted by molar-refractivity contribution is -0.136. The highest BCUT2D eigenvalue weighted by molar-refractivity contribution is 7.10. The van der Waals surface area contributed by atoms with Crippen LogP contribution >= 0.6 is 11.3 Å². The molecule has 170 valence electrons. The van der Waals surface area contributed by atoms with Crippen LogP contribution in [-0.2, 0) is 16.0 Å². The molecule has 0 fully saturated rings. The van der Waals surface area contributed by atoms with Gasteiger partial charge in [0, 0.05) is 25.1 Å². The number of carbonyl (C=O) groups excluding carboxylic acids is 1. The van der Waals surface area contributed by atoms with Crippen molar-refractivity contribution in [3.63, 3.8) is 0 Å². The summed E-state index contributed by atoms with van der Waals surface area (Å²) in [5.74, 6) is 0.931. The molecular formula is C24H34N2O4S. The van der Waals surface area contributed by atoms with E-state index in [2.05, 4.69) is 18.4 Å². The minimum atomic E-state index is -0.602. The molecule has 0 spiro atoms. The van der Waals surface area contributed by atoms with E-state index in [1.807, 2.05) is 41.0 Å². The molecule has 0 bridgehead atoms. The van der Waals surface area contributed by atoms with Crippen molar-refractivity contribution in [2.45, 2.75) is 38.8 Å². The molecule has 1 aromatic heterocycles. The Kier molecular flexibility index (Phi) is 8.90. The van der Waals surface area contributed by atoms with E-state index >= 15 is 0 Å². The number of carbonyl (C=O) groups is 1. The molecule has 1 aliphatic rings. The van der Waals surface area contributed by atoms with E-state index in [4.69, 9.17) is 9.47 Å². The number of thiophene rings is 1. The Balaban J connectivity index is 1.72. The average molecular weight is 447 g/mol. The largest absolute Gasteiger partial charge is 0.491 e. The summed E-state index contributed by atoms with van der Waals surface area (Å²) >= 11 is 1.75. The number of fused-ring (bicyclic) bond motifs is 1. The second kappa shape index (κ2) is 11.6. The van der Waals surface area contributed by atoms with Crippen molar-refractivity contribution in [2.75, 3.05) is 46.5 Å². The normalized spacial score (nSPS) is 16.9. The van der Waals surface area contributed by atoms with Gasteiger partial charge in [0.1, 0.15) is 12.4 Å². The topological polar surface area (TPSA) is 62.2 Å². The van der Waals surface area contributed by atoms with Gasteiger partial charge in [-0.2, -0.15) is 0 Å². The number of aliphatic hydroxyl groups is 1. The van der Waals surface area contributed by atoms with Crippen LogP contribution in [0.2, 0.25) is 0 Å². The summed E-state index contributed by atoms with van der Waals surface area (Å²) in [5.41, 5.74) is 2.28. The van der Waals surface area contributed by atoms with Crippen LogP contribution in [0.25, 0.3) is 0 Å². The van der Waals surface area contributed by atoms with Crippen LogP contribution in [0.15, 0.2) is 35.7 Å². The molecule has 2 heterocycles. The Labute approximate surface area is 189 Å². The third-order valence-corrected chi connectivity index (χ3v) is 6.63. The van der Waals surface area contributed by atoms with E-state index in [0.717, 1.165) is 30.7 Å². The Hall–Kier alpha value is -1.93. The van der Waals surface area contributed by atoms with Crippen LogP contribution in [-0.4, -0.2) is 73.4 Å². The number of aliphatic hydroxyl groups excluding tert-OH is 1. The Bertz CT molecular complexity index is 840. The van der Waals surface area contributed by atoms with Gasteiger partial charge in [-0.15, -0.1) is 11.3 Å². The maximum absolute atomic E-state index is 13.4. The first-order valence-corrected chi connectivity index (χ1v) is 11.8. The van der Waals surface area contributed by atoms with Crippen LogP contribution in [0.1, 0.15) is 35.4 Å². The number of nitrogens with zero attached hydrogens (tertiary/aromatic N) is 2. The summed E-state index contributed by atoms with van der Waals surface area (Å²) in [6.07, 6.45) is 1.19. The molecule has 7 heteroatoms. The lowest BCUT2D eigenvalue weighted by Crippen LogP contribution is -2.48. The van der Waals surface area contributed by atoms with Crippen LogP contribution in [0, 0.1) is 6.92 Å². The number of para-hydroxylation sites is 1. The summed E-state index contributed by atoms with van der Waals surface area (Å²) in [6, 6.07) is 9.99. The summed E-state index contributed by atoms with van der Waals surface area (Å²) in [5, 5.41) is 12.3. The van der Waals surface area contributed by atoms with Gasteiger partial charge in [-0.1, -0.05) is 25.1 Å². The maximum Gasteiger partial charge on any atom is 0.237 e. The minimum Gasteiger partial charge on any atom is -0.491 e. The quantitative estimate of drug-likeness (QED) is 0.574. The van der Waals surface area contributed by atoms with Crippen LogP contribution in [0.5, 0.6) is 5.75 Å². The van der Waals surface area contributed by atoms with Gasteiger partial charge >= 0.3 is 0 Å². The fraction of sp³-hybridized carbons (Fsp3) is 0.542. The van der Waals surface area contributed by atoms with Crippen LogP contribution < -0.4 is 4.74 Å². The number of hydrogen-bond acceptors (Lipinski definition) is 6. The fourth-order valence-corrected chi connectivity index (χ4v) is 5.07. The molecule has 0 aliphatic carbocycles. The summed E-state index contributed by atoms with van der Waals surface area (Å²) in [6.45, 7) is 6.97. The van der Waals surface area contributed by atoms with Crippen LogP contribution in [0.3, 0.4) is 0 Å². The minimum absolute atomic E-state index is 0.0771. The number of benzene rings is 1. The van der Waals surface area contributed by atoms with Crippen molar-refractivity contribution in [2.24, 2.45) is 0 Å². The monoisotopic (exact) mass is 446 g/mol. The first kappa shape index (κ1) is 23.7. The van der Waals surface area contributed by atoms with Gasteiger partial charge in [-0.25, -0.2) is 0 Å². The second-order valence-electron chi connectivity index (χ2n) is 8.07. The number of hydrogen-bond donors (Lipinski definition) is 1. The third-order valence-electron chi connectivity index (χ3n) is 5.63. The predicted molar refractivity (Wildman–Crippen MR) is 124 cm³/mol. The highest BCUT2D eigenvalue weighted by Gasteiger charge is 2.33. The predicted octanol–water partition coefficient (Wildman–Crippen LogP) is 3.28. The lowest BCUT2D eigenvalue weighted by Gasteiger charge is -2.37. The van der Waals surface area contributed by atoms with E-state index in [9.17, 15) is 9.90 Å². The zero-order valence-corrected chi connectivity index (χ0v) is 19.6. The molecule has 2 aromatic rings. The van der Waals surface area contributed by atoms with E-state index in [-0.39, 0.29) is 25.1 Å². The van der Waals surface area contributed by atoms with Gasteiger partial charge in [0.25, 0.3) is 0 Å². The lowest BCUT2D eigenvalue weighted by atomic mass is 10.00. The zero-order valence-electron chi connectivity index (χ0n) is 18.8. The Morgan fingerprint density at radius 2 is 2.16 bits per heavy atom. The van der Waals surface area contributed by atoms with Crippen LogP contribution in [0.4, 0.5) is 0 Å². The highest BCUT2D eigenvalue weighted by Crippen LogP contribution is 2.34. The molecule has 0 radical (unpaired) electrons. The van der Waals surface area contributed by atoms with Crippen molar-refractivity contribution in [1.29, 1.82) is 0 Å². The standard InChI is InChI=1S/C24H34N2O4S/c1-4-11-25(14-19(27)16-29-3)15-24(28)26-12-9-23-20(10-13-31-23)21(26)17-30-22-8-6-5-7-18(22)2/h5-8,10,13,19,21,27H,4,9,11-12,14-17H2,1-3H3/t19-,21+/m1/s1. The van der Waals surface area contributed by atoms with Gasteiger partial charge < -0.3 is 19.5 Å². The molecule has 0 saturated heterocycles. The molecule has 31 heavy (non-hydrogen) atoms. The molecule has 1 aromatic carbocycles. The van der Waals surface area contributed by atoms with Gasteiger partial charge in [0.2, 0.25) is 5.91 Å². The number of aryl methyl sites for hydroxylation is 1. The van der Waals surface area contributed by atoms with E-state index in [1.54, 1.807) is 18.4 Å². The van der Waals surface area contributed by atoms with E-state index < -0.39 is 6.10 Å². The molecule has 1 amide bonds. The summed E-state index contributed by atoms with van der Waals surface area (Å²) < 4.78 is 11.2. The molecule has 2 atom stereocenters. The fourth-order valence-electron chi connectivity index (χ4n) is 4.14. The molecule has 3 rings (SSSR count). The summed E-state index contributed by atoms with van der Waals surface area (Å²) in [4.78, 5) is 18.7. The third kappa shape index (κ3) is 6.29. The van der Waals surface area contributed by atoms with Gasteiger partial charge in [0.15, 0.2) is 0 Å². The van der Waals surface area contributed by atoms with Gasteiger partial charge in [-0.3, -0.25) is 9.69 Å². The SMILES string of the molecule is CCCN(CC(=O)N1CCc2sccc2[C@@H]1COc1ccccc1C)C[C@@H](O)COC. The van der Waals surface area contributed by atoms with E-state index in [0.29, 0.717) is 19.7 Å². The molecule has 0 unspecified atom stereocenters. The Morgan fingerprint density at radius 1 is 1.35 bits per heavy atom. The number of rotatable bonds is 11. The Morgan fingerprint density at radius 3 is 2.90 bits per heavy atom. The summed E-state index contributed by atoms with van der Waals surface area (Å²) in [7, 11) is 1.57. The molecule has 1 N–H and O–H groups in total. The molecule has 0 saturated carbocycles.